The number of halogens is 2. The van der Waals surface area contributed by atoms with Crippen molar-refractivity contribution >= 4 is 11.6 Å². The van der Waals surface area contributed by atoms with Crippen LogP contribution in [-0.2, 0) is 0 Å². The number of hydrogen-bond acceptors (Lipinski definition) is 1. The van der Waals surface area contributed by atoms with Gasteiger partial charge in [-0.25, -0.2) is 4.39 Å². The number of carbonyl (C=O) groups excluding carboxylic acids is 1. The second-order valence-electron chi connectivity index (χ2n) is 4.80. The van der Waals surface area contributed by atoms with Gasteiger partial charge in [-0.05, 0) is 30.3 Å². The molecule has 0 spiro atoms. The number of benzene rings is 2. The maximum atomic E-state index is 12.9. The highest BCUT2D eigenvalue weighted by atomic mass is 35.5. The third-order valence-electron chi connectivity index (χ3n) is 3.22. The van der Waals surface area contributed by atoms with E-state index >= 15 is 0 Å². The van der Waals surface area contributed by atoms with Gasteiger partial charge in [0.2, 0.25) is 5.69 Å². The predicted octanol–water partition coefficient (Wildman–Crippen LogP) is 0.359. The number of aromatic nitrogens is 1. The molecule has 0 bridgehead atoms. The van der Waals surface area contributed by atoms with Crippen molar-refractivity contribution in [2.75, 3.05) is 5.32 Å². The highest BCUT2D eigenvalue weighted by molar-refractivity contribution is 6.03. The quantitative estimate of drug-likeness (QED) is 0.692. The second-order valence-corrected chi connectivity index (χ2v) is 4.80. The molecular formula is C18H14ClFN2O. The maximum absolute atomic E-state index is 12.9. The van der Waals surface area contributed by atoms with Gasteiger partial charge in [-0.3, -0.25) is 4.79 Å². The van der Waals surface area contributed by atoms with Gasteiger partial charge in [0.15, 0.2) is 12.4 Å². The Balaban J connectivity index is 0.00000192. The van der Waals surface area contributed by atoms with Crippen molar-refractivity contribution < 1.29 is 26.2 Å². The van der Waals surface area contributed by atoms with Crippen LogP contribution < -0.4 is 22.3 Å². The van der Waals surface area contributed by atoms with Crippen LogP contribution in [0.4, 0.5) is 10.1 Å². The Labute approximate surface area is 139 Å². The Morgan fingerprint density at radius 1 is 0.913 bits per heavy atom. The van der Waals surface area contributed by atoms with E-state index < -0.39 is 0 Å². The van der Waals surface area contributed by atoms with E-state index in [1.54, 1.807) is 12.3 Å². The third-order valence-corrected chi connectivity index (χ3v) is 3.22. The monoisotopic (exact) mass is 328 g/mol. The number of nitrogens with one attached hydrogen (secondary N) is 1. The topological polar surface area (TPSA) is 33.0 Å². The van der Waals surface area contributed by atoms with E-state index in [1.807, 2.05) is 47.2 Å². The molecule has 1 aromatic heterocycles. The molecule has 1 heterocycles. The SMILES string of the molecule is O=C(Nc1ccc(F)cc1)c1ccc[n+](-c2ccccc2)c1.[Cl-]. The summed E-state index contributed by atoms with van der Waals surface area (Å²) in [5.41, 5.74) is 2.05. The van der Waals surface area contributed by atoms with Crippen molar-refractivity contribution in [1.29, 1.82) is 0 Å². The van der Waals surface area contributed by atoms with Crippen LogP contribution in [0, 0.1) is 5.82 Å². The van der Waals surface area contributed by atoms with Crippen LogP contribution >= 0.6 is 0 Å². The first-order valence-corrected chi connectivity index (χ1v) is 6.86. The molecule has 116 valence electrons. The van der Waals surface area contributed by atoms with Gasteiger partial charge in [0.1, 0.15) is 11.4 Å². The largest absolute Gasteiger partial charge is 1.00 e. The number of nitrogens with zero attached hydrogens (tertiary/aromatic N) is 1. The van der Waals surface area contributed by atoms with Crippen LogP contribution in [0.2, 0.25) is 0 Å². The highest BCUT2D eigenvalue weighted by Crippen LogP contribution is 2.10. The van der Waals surface area contributed by atoms with Crippen LogP contribution in [0.15, 0.2) is 79.1 Å². The van der Waals surface area contributed by atoms with Crippen molar-refractivity contribution in [3.63, 3.8) is 0 Å². The van der Waals surface area contributed by atoms with E-state index in [-0.39, 0.29) is 24.1 Å². The van der Waals surface area contributed by atoms with Gasteiger partial charge < -0.3 is 17.7 Å². The first kappa shape index (κ1) is 16.6. The summed E-state index contributed by atoms with van der Waals surface area (Å²) in [7, 11) is 0. The number of amides is 1. The number of rotatable bonds is 3. The molecule has 0 radical (unpaired) electrons. The van der Waals surface area contributed by atoms with E-state index in [2.05, 4.69) is 5.32 Å². The average molecular weight is 329 g/mol. The summed E-state index contributed by atoms with van der Waals surface area (Å²) in [6.07, 6.45) is 3.64. The minimum Gasteiger partial charge on any atom is -1.00 e. The zero-order valence-electron chi connectivity index (χ0n) is 12.1. The molecule has 23 heavy (non-hydrogen) atoms. The fourth-order valence-corrected chi connectivity index (χ4v) is 2.11. The lowest BCUT2D eigenvalue weighted by atomic mass is 10.2. The molecule has 0 aliphatic rings. The fourth-order valence-electron chi connectivity index (χ4n) is 2.11. The number of para-hydroxylation sites is 1. The Kier molecular flexibility index (Phi) is 5.44. The Hall–Kier alpha value is -2.72. The van der Waals surface area contributed by atoms with Gasteiger partial charge in [0, 0.05) is 23.9 Å². The molecule has 1 amide bonds. The first-order valence-electron chi connectivity index (χ1n) is 6.86. The standard InChI is InChI=1S/C18H13FN2O.ClH/c19-15-8-10-16(11-9-15)20-18(22)14-5-4-12-21(13-14)17-6-2-1-3-7-17;/h1-13H;1H. The average Bonchev–Trinajstić information content (AvgIpc) is 2.58. The molecule has 3 nitrogen and oxygen atoms in total. The van der Waals surface area contributed by atoms with E-state index in [1.165, 1.54) is 24.3 Å². The Bertz CT molecular complexity index is 792. The number of pyridine rings is 1. The maximum Gasteiger partial charge on any atom is 0.261 e. The molecule has 1 N–H and O–H groups in total. The molecule has 3 rings (SSSR count). The fraction of sp³-hybridized carbons (Fsp3) is 0. The second kappa shape index (κ2) is 7.51. The van der Waals surface area contributed by atoms with Gasteiger partial charge in [0.25, 0.3) is 5.91 Å². The normalized spacial score (nSPS) is 9.78. The third kappa shape index (κ3) is 4.14. The minimum absolute atomic E-state index is 0. The lowest BCUT2D eigenvalue weighted by molar-refractivity contribution is -0.595. The smallest absolute Gasteiger partial charge is 0.261 e. The van der Waals surface area contributed by atoms with Crippen LogP contribution in [0.3, 0.4) is 0 Å². The molecule has 0 saturated heterocycles. The van der Waals surface area contributed by atoms with Gasteiger partial charge in [-0.15, -0.1) is 0 Å². The van der Waals surface area contributed by atoms with Crippen molar-refractivity contribution in [3.8, 4) is 5.69 Å². The molecule has 0 atom stereocenters. The molecule has 3 aromatic rings. The number of anilines is 1. The Morgan fingerprint density at radius 3 is 2.30 bits per heavy atom. The number of carbonyl (C=O) groups is 1. The lowest BCUT2D eigenvalue weighted by Crippen LogP contribution is -3.00. The van der Waals surface area contributed by atoms with Gasteiger partial charge in [-0.2, -0.15) is 4.57 Å². The van der Waals surface area contributed by atoms with Crippen molar-refractivity contribution in [2.24, 2.45) is 0 Å². The van der Waals surface area contributed by atoms with Crippen LogP contribution in [0.25, 0.3) is 5.69 Å². The van der Waals surface area contributed by atoms with Gasteiger partial charge in [0.05, 0.1) is 0 Å². The van der Waals surface area contributed by atoms with Crippen molar-refractivity contribution in [3.05, 3.63) is 90.5 Å². The van der Waals surface area contributed by atoms with Gasteiger partial charge in [-0.1, -0.05) is 18.2 Å². The zero-order chi connectivity index (χ0) is 15.4. The molecule has 0 fully saturated rings. The van der Waals surface area contributed by atoms with Gasteiger partial charge >= 0.3 is 0 Å². The minimum atomic E-state index is -0.334. The summed E-state index contributed by atoms with van der Waals surface area (Å²) >= 11 is 0. The molecule has 0 unspecified atom stereocenters. The van der Waals surface area contributed by atoms with Crippen LogP contribution in [-0.4, -0.2) is 5.91 Å². The lowest BCUT2D eigenvalue weighted by Gasteiger charge is -2.04. The molecular weight excluding hydrogens is 315 g/mol. The van der Waals surface area contributed by atoms with E-state index in [0.717, 1.165) is 5.69 Å². The summed E-state index contributed by atoms with van der Waals surface area (Å²) < 4.78 is 14.7. The van der Waals surface area contributed by atoms with Crippen molar-refractivity contribution in [2.45, 2.75) is 0 Å². The van der Waals surface area contributed by atoms with E-state index in [4.69, 9.17) is 0 Å². The van der Waals surface area contributed by atoms with Crippen LogP contribution in [0.5, 0.6) is 0 Å². The van der Waals surface area contributed by atoms with Crippen LogP contribution in [0.1, 0.15) is 10.4 Å². The predicted molar refractivity (Wildman–Crippen MR) is 82.3 cm³/mol. The summed E-state index contributed by atoms with van der Waals surface area (Å²) in [4.78, 5) is 12.3. The molecule has 0 saturated carbocycles. The molecule has 0 aliphatic carbocycles. The molecule has 0 aliphatic heterocycles. The van der Waals surface area contributed by atoms with Crippen molar-refractivity contribution in [1.82, 2.24) is 0 Å². The molecule has 2 aromatic carbocycles. The highest BCUT2D eigenvalue weighted by Gasteiger charge is 2.12. The first-order chi connectivity index (χ1) is 10.7. The van der Waals surface area contributed by atoms with E-state index in [9.17, 15) is 9.18 Å². The van der Waals surface area contributed by atoms with E-state index in [0.29, 0.717) is 11.3 Å². The summed E-state index contributed by atoms with van der Waals surface area (Å²) in [5, 5.41) is 2.75. The Morgan fingerprint density at radius 2 is 1.61 bits per heavy atom. The molecule has 5 heteroatoms. The summed E-state index contributed by atoms with van der Waals surface area (Å²) in [6.45, 7) is 0. The number of hydrogen-bond donors (Lipinski definition) is 1. The summed E-state index contributed by atoms with van der Waals surface area (Å²) in [5.74, 6) is -0.573. The zero-order valence-corrected chi connectivity index (χ0v) is 12.9. The summed E-state index contributed by atoms with van der Waals surface area (Å²) in [6, 6.07) is 19.0.